The van der Waals surface area contributed by atoms with Crippen LogP contribution in [-0.4, -0.2) is 25.0 Å². The monoisotopic (exact) mass is 285 g/mol. The highest BCUT2D eigenvalue weighted by Crippen LogP contribution is 2.25. The second-order valence-corrected chi connectivity index (χ2v) is 6.18. The lowest BCUT2D eigenvalue weighted by molar-refractivity contribution is -0.253. The van der Waals surface area contributed by atoms with Crippen LogP contribution in [-0.2, 0) is 9.47 Å². The van der Waals surface area contributed by atoms with Gasteiger partial charge in [-0.25, -0.2) is 0 Å². The van der Waals surface area contributed by atoms with Gasteiger partial charge in [-0.15, -0.1) is 0 Å². The molecule has 3 nitrogen and oxygen atoms in total. The zero-order chi connectivity index (χ0) is 14.9. The molecule has 112 valence electrons. The van der Waals surface area contributed by atoms with E-state index >= 15 is 0 Å². The molecule has 2 aromatic rings. The van der Waals surface area contributed by atoms with Crippen LogP contribution in [0.15, 0.2) is 42.5 Å². The molecule has 0 bridgehead atoms. The summed E-state index contributed by atoms with van der Waals surface area (Å²) in [7, 11) is 0. The lowest BCUT2D eigenvalue weighted by Crippen LogP contribution is -2.49. The minimum Gasteiger partial charge on any atom is -0.349 e. The first-order valence-electron chi connectivity index (χ1n) is 7.57. The van der Waals surface area contributed by atoms with Crippen molar-refractivity contribution < 1.29 is 9.47 Å². The number of rotatable bonds is 3. The van der Waals surface area contributed by atoms with E-state index in [1.54, 1.807) is 0 Å². The van der Waals surface area contributed by atoms with Gasteiger partial charge in [-0.1, -0.05) is 42.5 Å². The maximum absolute atomic E-state index is 5.72. The minimum atomic E-state index is -0.457. The van der Waals surface area contributed by atoms with Gasteiger partial charge >= 0.3 is 0 Å². The smallest absolute Gasteiger partial charge is 0.162 e. The second-order valence-electron chi connectivity index (χ2n) is 6.18. The maximum Gasteiger partial charge on any atom is 0.162 e. The molecule has 1 N–H and O–H groups in total. The number of nitrogens with one attached hydrogen (secondary N) is 1. The van der Waals surface area contributed by atoms with Crippen molar-refractivity contribution in [1.82, 2.24) is 5.32 Å². The largest absolute Gasteiger partial charge is 0.349 e. The SMILES string of the molecule is CC(NC1COC(C)(C)OC1)c1cccc2ccccc12. The van der Waals surface area contributed by atoms with E-state index in [2.05, 4.69) is 54.7 Å². The van der Waals surface area contributed by atoms with Crippen molar-refractivity contribution in [2.45, 2.75) is 38.6 Å². The molecular weight excluding hydrogens is 262 g/mol. The highest BCUT2D eigenvalue weighted by molar-refractivity contribution is 5.86. The van der Waals surface area contributed by atoms with E-state index in [0.717, 1.165) is 0 Å². The van der Waals surface area contributed by atoms with E-state index in [0.29, 0.717) is 13.2 Å². The summed E-state index contributed by atoms with van der Waals surface area (Å²) >= 11 is 0. The van der Waals surface area contributed by atoms with E-state index < -0.39 is 5.79 Å². The average Bonchev–Trinajstić information content (AvgIpc) is 2.49. The predicted molar refractivity (Wildman–Crippen MR) is 85.3 cm³/mol. The molecule has 1 aliphatic heterocycles. The van der Waals surface area contributed by atoms with Gasteiger partial charge in [-0.3, -0.25) is 0 Å². The first-order valence-corrected chi connectivity index (χ1v) is 7.57. The number of ether oxygens (including phenoxy) is 2. The summed E-state index contributed by atoms with van der Waals surface area (Å²) in [5.41, 5.74) is 1.32. The summed E-state index contributed by atoms with van der Waals surface area (Å²) in [6.45, 7) is 7.47. The highest BCUT2D eigenvalue weighted by atomic mass is 16.7. The molecule has 1 aliphatic rings. The molecule has 1 fully saturated rings. The Kier molecular flexibility index (Phi) is 3.98. The fraction of sp³-hybridized carbons (Fsp3) is 0.444. The first kappa shape index (κ1) is 14.5. The number of fused-ring (bicyclic) bond motifs is 1. The standard InChI is InChI=1S/C18H23NO2/c1-13(19-15-11-20-18(2,3)21-12-15)16-10-6-8-14-7-4-5-9-17(14)16/h4-10,13,15,19H,11-12H2,1-3H3. The van der Waals surface area contributed by atoms with Gasteiger partial charge in [0.2, 0.25) is 0 Å². The molecule has 1 unspecified atom stereocenters. The lowest BCUT2D eigenvalue weighted by Gasteiger charge is -2.36. The van der Waals surface area contributed by atoms with E-state index in [9.17, 15) is 0 Å². The minimum absolute atomic E-state index is 0.229. The van der Waals surface area contributed by atoms with Crippen LogP contribution in [0.2, 0.25) is 0 Å². The van der Waals surface area contributed by atoms with Crippen LogP contribution in [0.5, 0.6) is 0 Å². The van der Waals surface area contributed by atoms with Crippen LogP contribution in [0, 0.1) is 0 Å². The fourth-order valence-electron chi connectivity index (χ4n) is 2.86. The van der Waals surface area contributed by atoms with Crippen molar-refractivity contribution in [2.75, 3.05) is 13.2 Å². The third kappa shape index (κ3) is 3.26. The molecular formula is C18H23NO2. The van der Waals surface area contributed by atoms with E-state index in [-0.39, 0.29) is 12.1 Å². The van der Waals surface area contributed by atoms with Crippen LogP contribution in [0.3, 0.4) is 0 Å². The van der Waals surface area contributed by atoms with Crippen molar-refractivity contribution in [1.29, 1.82) is 0 Å². The summed E-state index contributed by atoms with van der Waals surface area (Å²) in [5, 5.41) is 6.20. The number of benzene rings is 2. The molecule has 21 heavy (non-hydrogen) atoms. The van der Waals surface area contributed by atoms with Crippen LogP contribution in [0.4, 0.5) is 0 Å². The molecule has 0 saturated carbocycles. The Balaban J connectivity index is 1.74. The topological polar surface area (TPSA) is 30.5 Å². The van der Waals surface area contributed by atoms with Gasteiger partial charge in [-0.2, -0.15) is 0 Å². The van der Waals surface area contributed by atoms with Crippen molar-refractivity contribution in [3.8, 4) is 0 Å². The summed E-state index contributed by atoms with van der Waals surface area (Å²) in [5.74, 6) is -0.457. The molecule has 0 aromatic heterocycles. The molecule has 1 atom stereocenters. The van der Waals surface area contributed by atoms with Crippen molar-refractivity contribution in [2.24, 2.45) is 0 Å². The highest BCUT2D eigenvalue weighted by Gasteiger charge is 2.29. The third-order valence-corrected chi connectivity index (χ3v) is 4.04. The molecule has 0 radical (unpaired) electrons. The van der Waals surface area contributed by atoms with Crippen LogP contribution < -0.4 is 5.32 Å². The van der Waals surface area contributed by atoms with Gasteiger partial charge in [0.25, 0.3) is 0 Å². The Morgan fingerprint density at radius 2 is 1.71 bits per heavy atom. The molecule has 2 aromatic carbocycles. The molecule has 3 heteroatoms. The van der Waals surface area contributed by atoms with Gasteiger partial charge in [0.1, 0.15) is 0 Å². The fourth-order valence-corrected chi connectivity index (χ4v) is 2.86. The number of hydrogen-bond acceptors (Lipinski definition) is 3. The zero-order valence-electron chi connectivity index (χ0n) is 12.9. The summed E-state index contributed by atoms with van der Waals surface area (Å²) in [6.07, 6.45) is 0. The van der Waals surface area contributed by atoms with Gasteiger partial charge < -0.3 is 14.8 Å². The Hall–Kier alpha value is -1.42. The summed E-state index contributed by atoms with van der Waals surface area (Å²) in [6, 6.07) is 15.5. The summed E-state index contributed by atoms with van der Waals surface area (Å²) in [4.78, 5) is 0. The number of hydrogen-bond donors (Lipinski definition) is 1. The maximum atomic E-state index is 5.72. The van der Waals surface area contributed by atoms with Gasteiger partial charge in [-0.05, 0) is 37.1 Å². The Morgan fingerprint density at radius 3 is 2.48 bits per heavy atom. The molecule has 0 aliphatic carbocycles. The van der Waals surface area contributed by atoms with E-state index in [1.165, 1.54) is 16.3 Å². The second kappa shape index (κ2) is 5.76. The van der Waals surface area contributed by atoms with Crippen molar-refractivity contribution in [3.63, 3.8) is 0 Å². The lowest BCUT2D eigenvalue weighted by atomic mass is 9.99. The molecule has 3 rings (SSSR count). The molecule has 1 saturated heterocycles. The zero-order valence-corrected chi connectivity index (χ0v) is 12.9. The Bertz CT molecular complexity index is 608. The van der Waals surface area contributed by atoms with E-state index in [1.807, 2.05) is 13.8 Å². The van der Waals surface area contributed by atoms with Crippen LogP contribution >= 0.6 is 0 Å². The van der Waals surface area contributed by atoms with E-state index in [4.69, 9.17) is 9.47 Å². The molecule has 1 heterocycles. The van der Waals surface area contributed by atoms with Crippen molar-refractivity contribution in [3.05, 3.63) is 48.0 Å². The Labute approximate surface area is 126 Å². The van der Waals surface area contributed by atoms with Gasteiger partial charge in [0, 0.05) is 6.04 Å². The third-order valence-electron chi connectivity index (χ3n) is 4.04. The average molecular weight is 285 g/mol. The van der Waals surface area contributed by atoms with Gasteiger partial charge in [0.05, 0.1) is 19.3 Å². The van der Waals surface area contributed by atoms with Crippen LogP contribution in [0.1, 0.15) is 32.4 Å². The first-order chi connectivity index (χ1) is 10.1. The molecule has 0 amide bonds. The quantitative estimate of drug-likeness (QED) is 0.934. The van der Waals surface area contributed by atoms with Crippen LogP contribution in [0.25, 0.3) is 10.8 Å². The van der Waals surface area contributed by atoms with Crippen molar-refractivity contribution >= 4 is 10.8 Å². The normalized spacial score (nSPS) is 20.5. The summed E-state index contributed by atoms with van der Waals surface area (Å²) < 4.78 is 11.4. The Morgan fingerprint density at radius 1 is 1.05 bits per heavy atom. The molecule has 0 spiro atoms. The predicted octanol–water partition coefficient (Wildman–Crippen LogP) is 3.64. The van der Waals surface area contributed by atoms with Gasteiger partial charge in [0.15, 0.2) is 5.79 Å².